The maximum Gasteiger partial charge on any atom is 0.261 e. The lowest BCUT2D eigenvalue weighted by molar-refractivity contribution is 0.0974. The summed E-state index contributed by atoms with van der Waals surface area (Å²) in [6.07, 6.45) is 0. The molecule has 8 heteroatoms. The normalized spacial score (nSPS) is 10.6. The van der Waals surface area contributed by atoms with Crippen LogP contribution in [0.1, 0.15) is 26.3 Å². The summed E-state index contributed by atoms with van der Waals surface area (Å²) in [4.78, 5) is 26.1. The number of carbonyl (C=O) groups is 2. The second-order valence-electron chi connectivity index (χ2n) is 7.29. The number of amides is 1. The van der Waals surface area contributed by atoms with Crippen LogP contribution in [0.5, 0.6) is 5.75 Å². The number of fused-ring (bicyclic) bond motifs is 1. The van der Waals surface area contributed by atoms with Crippen molar-refractivity contribution < 1.29 is 14.3 Å². The zero-order valence-corrected chi connectivity index (χ0v) is 21.1. The average Bonchev–Trinajstić information content (AvgIpc) is 2.85. The van der Waals surface area contributed by atoms with Gasteiger partial charge in [-0.25, -0.2) is 0 Å². The number of carbonyl (C=O) groups excluding carboxylic acids is 2. The number of halogens is 2. The molecule has 170 valence electrons. The van der Waals surface area contributed by atoms with Crippen molar-refractivity contribution in [1.82, 2.24) is 5.32 Å². The van der Waals surface area contributed by atoms with E-state index in [2.05, 4.69) is 26.6 Å². The fraction of sp³-hybridized carbons (Fsp3) is 0.0385. The molecule has 0 fully saturated rings. The zero-order chi connectivity index (χ0) is 24.2. The van der Waals surface area contributed by atoms with E-state index in [1.165, 1.54) is 7.11 Å². The van der Waals surface area contributed by atoms with Gasteiger partial charge in [0, 0.05) is 16.1 Å². The minimum atomic E-state index is -0.453. The van der Waals surface area contributed by atoms with Gasteiger partial charge in [0.25, 0.3) is 5.91 Å². The number of nitrogens with one attached hydrogen (secondary N) is 2. The SMILES string of the molecule is COc1c(C(=O)NC(=S)Nc2ccc(Cl)cc2C(=O)c2ccccc2)cc2ccccc2c1Br. The van der Waals surface area contributed by atoms with E-state index >= 15 is 0 Å². The molecule has 2 N–H and O–H groups in total. The molecule has 4 aromatic carbocycles. The number of thiocarbonyl (C=S) groups is 1. The van der Waals surface area contributed by atoms with Crippen molar-refractivity contribution in [1.29, 1.82) is 0 Å². The monoisotopic (exact) mass is 552 g/mol. The van der Waals surface area contributed by atoms with Gasteiger partial charge in [-0.1, -0.05) is 66.2 Å². The Kier molecular flexibility index (Phi) is 7.26. The van der Waals surface area contributed by atoms with Crippen LogP contribution in [0.3, 0.4) is 0 Å². The number of anilines is 1. The standard InChI is InChI=1S/C26H18BrClN2O3S/c1-33-24-20(13-16-9-5-6-10-18(16)22(24)27)25(32)30-26(34)29-21-12-11-17(28)14-19(21)23(31)15-7-3-2-4-8-15/h2-14H,1H3,(H2,29,30,32,34). The Morgan fingerprint density at radius 1 is 0.941 bits per heavy atom. The zero-order valence-electron chi connectivity index (χ0n) is 17.9. The third kappa shape index (κ3) is 4.97. The summed E-state index contributed by atoms with van der Waals surface area (Å²) < 4.78 is 6.16. The smallest absolute Gasteiger partial charge is 0.261 e. The minimum Gasteiger partial charge on any atom is -0.495 e. The number of ketones is 1. The van der Waals surface area contributed by atoms with Crippen LogP contribution in [0.25, 0.3) is 10.8 Å². The summed E-state index contributed by atoms with van der Waals surface area (Å²) in [6.45, 7) is 0. The summed E-state index contributed by atoms with van der Waals surface area (Å²) in [5.74, 6) is -0.281. The average molecular weight is 554 g/mol. The molecule has 0 spiro atoms. The van der Waals surface area contributed by atoms with E-state index in [-0.39, 0.29) is 10.9 Å². The molecule has 34 heavy (non-hydrogen) atoms. The van der Waals surface area contributed by atoms with Crippen LogP contribution >= 0.6 is 39.7 Å². The first-order valence-electron chi connectivity index (χ1n) is 10.2. The summed E-state index contributed by atoms with van der Waals surface area (Å²) in [7, 11) is 1.50. The fourth-order valence-electron chi connectivity index (χ4n) is 3.53. The Balaban J connectivity index is 1.60. The highest BCUT2D eigenvalue weighted by Gasteiger charge is 2.20. The Morgan fingerprint density at radius 3 is 2.38 bits per heavy atom. The van der Waals surface area contributed by atoms with Crippen molar-refractivity contribution in [2.45, 2.75) is 0 Å². The van der Waals surface area contributed by atoms with Gasteiger partial charge in [-0.05, 0) is 63.2 Å². The third-order valence-corrected chi connectivity index (χ3v) is 6.35. The Labute approximate surface area is 215 Å². The van der Waals surface area contributed by atoms with Crippen LogP contribution in [-0.2, 0) is 0 Å². The van der Waals surface area contributed by atoms with Gasteiger partial charge in [-0.3, -0.25) is 14.9 Å². The van der Waals surface area contributed by atoms with E-state index < -0.39 is 5.91 Å². The molecule has 0 saturated carbocycles. The highest BCUT2D eigenvalue weighted by atomic mass is 79.9. The second-order valence-corrected chi connectivity index (χ2v) is 8.92. The molecule has 4 rings (SSSR count). The molecule has 0 unspecified atom stereocenters. The molecule has 0 heterocycles. The molecular formula is C26H18BrClN2O3S. The first-order valence-corrected chi connectivity index (χ1v) is 11.7. The molecular weight excluding hydrogens is 536 g/mol. The number of rotatable bonds is 5. The minimum absolute atomic E-state index is 0.0285. The topological polar surface area (TPSA) is 67.4 Å². The summed E-state index contributed by atoms with van der Waals surface area (Å²) in [5.41, 5.74) is 1.58. The van der Waals surface area contributed by atoms with Crippen molar-refractivity contribution in [3.63, 3.8) is 0 Å². The van der Waals surface area contributed by atoms with Crippen molar-refractivity contribution in [2.24, 2.45) is 0 Å². The lowest BCUT2D eigenvalue weighted by Gasteiger charge is -2.16. The van der Waals surface area contributed by atoms with Crippen molar-refractivity contribution in [3.05, 3.63) is 105 Å². The molecule has 5 nitrogen and oxygen atoms in total. The van der Waals surface area contributed by atoms with E-state index in [1.54, 1.807) is 48.5 Å². The van der Waals surface area contributed by atoms with Gasteiger partial charge in [-0.2, -0.15) is 0 Å². The van der Waals surface area contributed by atoms with Gasteiger partial charge in [-0.15, -0.1) is 0 Å². The number of benzene rings is 4. The number of hydrogen-bond donors (Lipinski definition) is 2. The van der Waals surface area contributed by atoms with Crippen LogP contribution in [0.15, 0.2) is 83.3 Å². The maximum atomic E-state index is 13.1. The Hall–Kier alpha value is -3.26. The van der Waals surface area contributed by atoms with E-state index in [9.17, 15) is 9.59 Å². The fourth-order valence-corrected chi connectivity index (χ4v) is 4.65. The van der Waals surface area contributed by atoms with Crippen LogP contribution in [0.4, 0.5) is 5.69 Å². The third-order valence-electron chi connectivity index (χ3n) is 5.13. The maximum absolute atomic E-state index is 13.1. The molecule has 0 aliphatic rings. The summed E-state index contributed by atoms with van der Waals surface area (Å²) in [6, 6.07) is 23.1. The highest BCUT2D eigenvalue weighted by Crippen LogP contribution is 2.36. The molecule has 0 saturated heterocycles. The van der Waals surface area contributed by atoms with Crippen molar-refractivity contribution in [3.8, 4) is 5.75 Å². The van der Waals surface area contributed by atoms with Gasteiger partial charge >= 0.3 is 0 Å². The molecule has 0 aromatic heterocycles. The van der Waals surface area contributed by atoms with E-state index in [4.69, 9.17) is 28.6 Å². The number of hydrogen-bond acceptors (Lipinski definition) is 4. The molecule has 4 aromatic rings. The lowest BCUT2D eigenvalue weighted by atomic mass is 10.0. The van der Waals surface area contributed by atoms with E-state index in [0.717, 1.165) is 10.8 Å². The number of methoxy groups -OCH3 is 1. The predicted octanol–water partition coefficient (Wildman–Crippen LogP) is 6.62. The van der Waals surface area contributed by atoms with Crippen molar-refractivity contribution >= 4 is 73.0 Å². The van der Waals surface area contributed by atoms with Crippen LogP contribution in [0, 0.1) is 0 Å². The predicted molar refractivity (Wildman–Crippen MR) is 143 cm³/mol. The Bertz CT molecular complexity index is 1430. The molecule has 0 aliphatic carbocycles. The molecule has 0 radical (unpaired) electrons. The quantitative estimate of drug-likeness (QED) is 0.215. The first kappa shape index (κ1) is 23.9. The van der Waals surface area contributed by atoms with Crippen molar-refractivity contribution in [2.75, 3.05) is 12.4 Å². The molecule has 0 atom stereocenters. The first-order chi connectivity index (χ1) is 16.4. The molecule has 0 aliphatic heterocycles. The van der Waals surface area contributed by atoms with E-state index in [0.29, 0.717) is 37.6 Å². The highest BCUT2D eigenvalue weighted by molar-refractivity contribution is 9.10. The van der Waals surface area contributed by atoms with Crippen LogP contribution < -0.4 is 15.4 Å². The summed E-state index contributed by atoms with van der Waals surface area (Å²) >= 11 is 15.1. The van der Waals surface area contributed by atoms with Crippen LogP contribution in [0.2, 0.25) is 5.02 Å². The Morgan fingerprint density at radius 2 is 1.65 bits per heavy atom. The lowest BCUT2D eigenvalue weighted by Crippen LogP contribution is -2.34. The molecule has 0 bridgehead atoms. The van der Waals surface area contributed by atoms with Gasteiger partial charge < -0.3 is 10.1 Å². The molecule has 1 amide bonds. The van der Waals surface area contributed by atoms with Gasteiger partial charge in [0.15, 0.2) is 10.9 Å². The van der Waals surface area contributed by atoms with E-state index in [1.807, 2.05) is 30.3 Å². The second kappa shape index (κ2) is 10.3. The van der Waals surface area contributed by atoms with Gasteiger partial charge in [0.2, 0.25) is 0 Å². The van der Waals surface area contributed by atoms with Gasteiger partial charge in [0.1, 0.15) is 5.75 Å². The van der Waals surface area contributed by atoms with Crippen LogP contribution in [-0.4, -0.2) is 23.9 Å². The number of ether oxygens (including phenoxy) is 1. The van der Waals surface area contributed by atoms with Gasteiger partial charge in [0.05, 0.1) is 22.8 Å². The summed E-state index contributed by atoms with van der Waals surface area (Å²) in [5, 5.41) is 7.84. The largest absolute Gasteiger partial charge is 0.495 e.